The van der Waals surface area contributed by atoms with E-state index >= 15 is 0 Å². The molecule has 1 aliphatic carbocycles. The van der Waals surface area contributed by atoms with Crippen LogP contribution in [0.3, 0.4) is 0 Å². The van der Waals surface area contributed by atoms with Gasteiger partial charge in [0, 0.05) is 33.1 Å². The van der Waals surface area contributed by atoms with Gasteiger partial charge in [-0.05, 0) is 51.0 Å². The zero-order valence-electron chi connectivity index (χ0n) is 15.5. The summed E-state index contributed by atoms with van der Waals surface area (Å²) in [5.41, 5.74) is 10.7. The molecule has 0 saturated carbocycles. The van der Waals surface area contributed by atoms with Crippen LogP contribution in [0.2, 0.25) is 0 Å². The van der Waals surface area contributed by atoms with E-state index in [4.69, 9.17) is 5.73 Å². The smallest absolute Gasteiger partial charge is 0.161 e. The summed E-state index contributed by atoms with van der Waals surface area (Å²) in [4.78, 5) is 17.1. The highest BCUT2D eigenvalue weighted by molar-refractivity contribution is 7.12. The fourth-order valence-corrected chi connectivity index (χ4v) is 4.97. The Kier molecular flexibility index (Phi) is 4.37. The molecule has 1 aromatic carbocycles. The van der Waals surface area contributed by atoms with Crippen LogP contribution in [0.4, 0.5) is 5.69 Å². The predicted molar refractivity (Wildman–Crippen MR) is 108 cm³/mol. The van der Waals surface area contributed by atoms with Crippen LogP contribution in [-0.2, 0) is 4.79 Å². The van der Waals surface area contributed by atoms with Gasteiger partial charge >= 0.3 is 0 Å². The minimum atomic E-state index is -0.349. The van der Waals surface area contributed by atoms with Crippen molar-refractivity contribution < 1.29 is 4.79 Å². The number of anilines is 1. The molecule has 2 N–H and O–H groups in total. The molecule has 27 heavy (non-hydrogen) atoms. The maximum Gasteiger partial charge on any atom is 0.161 e. The number of benzene rings is 1. The number of allylic oxidation sites excluding steroid dienone is 3. The molecule has 0 radical (unpaired) electrons. The molecule has 0 amide bonds. The quantitative estimate of drug-likeness (QED) is 0.828. The zero-order chi connectivity index (χ0) is 19.1. The molecule has 0 bridgehead atoms. The molecule has 0 saturated heterocycles. The molecule has 0 spiro atoms. The Labute approximate surface area is 163 Å². The molecular formula is C22H21N3OS. The topological polar surface area (TPSA) is 70.1 Å². The number of Topliss-reactive ketones (excluding diaryl/α,β-unsaturated/α-hetero) is 1. The van der Waals surface area contributed by atoms with Gasteiger partial charge in [-0.25, -0.2) is 0 Å². The second-order valence-corrected chi connectivity index (χ2v) is 8.42. The first-order valence-corrected chi connectivity index (χ1v) is 9.92. The number of thiophene rings is 1. The van der Waals surface area contributed by atoms with E-state index in [9.17, 15) is 10.1 Å². The van der Waals surface area contributed by atoms with Crippen molar-refractivity contribution in [1.29, 1.82) is 5.26 Å². The molecule has 1 atom stereocenters. The molecule has 0 fully saturated rings. The molecular weight excluding hydrogens is 354 g/mol. The average Bonchev–Trinajstić information content (AvgIpc) is 3.08. The number of nitriles is 1. The Morgan fingerprint density at radius 1 is 1.15 bits per heavy atom. The minimum Gasteiger partial charge on any atom is -0.384 e. The highest BCUT2D eigenvalue weighted by Crippen LogP contribution is 2.47. The molecule has 4 rings (SSSR count). The lowest BCUT2D eigenvalue weighted by molar-refractivity contribution is -0.116. The standard InChI is InChI=1S/C22H21N3OS/c1-13-6-9-15(10-7-13)25-17-4-3-5-18(26)21(17)20(16(12-23)22(25)24)19-11-8-14(2)27-19/h6-11,20H,3-5,24H2,1-2H3. The number of carbonyl (C=O) groups excluding carboxylic acids is 1. The Balaban J connectivity index is 1.96. The number of hydrogen-bond donors (Lipinski definition) is 1. The Hall–Kier alpha value is -2.84. The van der Waals surface area contributed by atoms with Crippen LogP contribution >= 0.6 is 11.3 Å². The Morgan fingerprint density at radius 3 is 2.52 bits per heavy atom. The SMILES string of the molecule is Cc1ccc(N2C(N)=C(C#N)C(c3ccc(C)s3)C3=C2CCCC3=O)cc1. The van der Waals surface area contributed by atoms with Crippen LogP contribution in [0, 0.1) is 25.2 Å². The van der Waals surface area contributed by atoms with Crippen molar-refractivity contribution >= 4 is 22.8 Å². The van der Waals surface area contributed by atoms with E-state index in [1.807, 2.05) is 55.1 Å². The highest BCUT2D eigenvalue weighted by Gasteiger charge is 2.40. The van der Waals surface area contributed by atoms with E-state index in [0.717, 1.165) is 45.1 Å². The first-order chi connectivity index (χ1) is 13.0. The Bertz CT molecular complexity index is 1020. The maximum atomic E-state index is 13.0. The first kappa shape index (κ1) is 17.6. The lowest BCUT2D eigenvalue weighted by Crippen LogP contribution is -2.38. The van der Waals surface area contributed by atoms with Gasteiger partial charge in [0.05, 0.1) is 17.6 Å². The van der Waals surface area contributed by atoms with Gasteiger partial charge in [-0.2, -0.15) is 5.26 Å². The van der Waals surface area contributed by atoms with E-state index in [1.165, 1.54) is 0 Å². The number of carbonyl (C=O) groups is 1. The van der Waals surface area contributed by atoms with Crippen LogP contribution in [0.1, 0.15) is 40.5 Å². The fourth-order valence-electron chi connectivity index (χ4n) is 3.97. The van der Waals surface area contributed by atoms with Gasteiger partial charge < -0.3 is 5.73 Å². The van der Waals surface area contributed by atoms with E-state index < -0.39 is 0 Å². The summed E-state index contributed by atoms with van der Waals surface area (Å²) < 4.78 is 0. The summed E-state index contributed by atoms with van der Waals surface area (Å²) in [6.45, 7) is 4.07. The third-order valence-electron chi connectivity index (χ3n) is 5.25. The molecule has 1 unspecified atom stereocenters. The van der Waals surface area contributed by atoms with E-state index in [0.29, 0.717) is 17.8 Å². The van der Waals surface area contributed by atoms with Gasteiger partial charge in [0.15, 0.2) is 5.78 Å². The number of hydrogen-bond acceptors (Lipinski definition) is 5. The van der Waals surface area contributed by atoms with Crippen LogP contribution in [0.5, 0.6) is 0 Å². The summed E-state index contributed by atoms with van der Waals surface area (Å²) in [7, 11) is 0. The minimum absolute atomic E-state index is 0.129. The first-order valence-electron chi connectivity index (χ1n) is 9.10. The summed E-state index contributed by atoms with van der Waals surface area (Å²) in [5, 5.41) is 9.94. The van der Waals surface area contributed by atoms with Crippen molar-refractivity contribution in [3.8, 4) is 6.07 Å². The average molecular weight is 375 g/mol. The van der Waals surface area contributed by atoms with E-state index in [2.05, 4.69) is 6.07 Å². The van der Waals surface area contributed by atoms with Gasteiger partial charge in [-0.1, -0.05) is 17.7 Å². The number of rotatable bonds is 2. The summed E-state index contributed by atoms with van der Waals surface area (Å²) >= 11 is 1.63. The number of ketones is 1. The fraction of sp³-hybridized carbons (Fsp3) is 0.273. The molecule has 2 aliphatic rings. The van der Waals surface area contributed by atoms with Crippen LogP contribution in [0.25, 0.3) is 0 Å². The van der Waals surface area contributed by atoms with Gasteiger partial charge in [-0.15, -0.1) is 11.3 Å². The Morgan fingerprint density at radius 2 is 1.89 bits per heavy atom. The van der Waals surface area contributed by atoms with Crippen molar-refractivity contribution in [2.24, 2.45) is 5.73 Å². The lowest BCUT2D eigenvalue weighted by Gasteiger charge is -2.39. The van der Waals surface area contributed by atoms with Gasteiger partial charge in [-0.3, -0.25) is 9.69 Å². The third-order valence-corrected chi connectivity index (χ3v) is 6.32. The van der Waals surface area contributed by atoms with Crippen molar-refractivity contribution in [3.05, 3.63) is 74.4 Å². The molecule has 1 aliphatic heterocycles. The van der Waals surface area contributed by atoms with Crippen LogP contribution < -0.4 is 10.6 Å². The van der Waals surface area contributed by atoms with Gasteiger partial charge in [0.1, 0.15) is 5.82 Å². The second kappa shape index (κ2) is 6.71. The second-order valence-electron chi connectivity index (χ2n) is 7.10. The molecule has 2 heterocycles. The summed E-state index contributed by atoms with van der Waals surface area (Å²) in [6, 6.07) is 14.4. The van der Waals surface area contributed by atoms with Crippen molar-refractivity contribution in [2.45, 2.75) is 39.0 Å². The lowest BCUT2D eigenvalue weighted by atomic mass is 9.78. The van der Waals surface area contributed by atoms with Crippen molar-refractivity contribution in [3.63, 3.8) is 0 Å². The van der Waals surface area contributed by atoms with Gasteiger partial charge in [0.2, 0.25) is 0 Å². The molecule has 2 aromatic rings. The normalized spacial score (nSPS) is 20.0. The third kappa shape index (κ3) is 2.87. The highest BCUT2D eigenvalue weighted by atomic mass is 32.1. The maximum absolute atomic E-state index is 13.0. The van der Waals surface area contributed by atoms with E-state index in [1.54, 1.807) is 11.3 Å². The van der Waals surface area contributed by atoms with Gasteiger partial charge in [0.25, 0.3) is 0 Å². The molecule has 5 heteroatoms. The summed E-state index contributed by atoms with van der Waals surface area (Å²) in [5.74, 6) is 0.216. The largest absolute Gasteiger partial charge is 0.384 e. The van der Waals surface area contributed by atoms with Crippen LogP contribution in [-0.4, -0.2) is 5.78 Å². The monoisotopic (exact) mass is 375 g/mol. The summed E-state index contributed by atoms with van der Waals surface area (Å²) in [6.07, 6.45) is 2.13. The number of nitrogens with two attached hydrogens (primary N) is 1. The molecule has 136 valence electrons. The van der Waals surface area contributed by atoms with Crippen molar-refractivity contribution in [2.75, 3.05) is 4.90 Å². The van der Waals surface area contributed by atoms with Crippen molar-refractivity contribution in [1.82, 2.24) is 0 Å². The van der Waals surface area contributed by atoms with Crippen LogP contribution in [0.15, 0.2) is 59.1 Å². The number of nitrogens with zero attached hydrogens (tertiary/aromatic N) is 2. The number of aryl methyl sites for hydroxylation is 2. The molecule has 4 nitrogen and oxygen atoms in total. The predicted octanol–water partition coefficient (Wildman–Crippen LogP) is 4.67. The zero-order valence-corrected chi connectivity index (χ0v) is 16.3. The van der Waals surface area contributed by atoms with E-state index in [-0.39, 0.29) is 11.7 Å². The molecule has 1 aromatic heterocycles.